The normalized spacial score (nSPS) is 9.95. The van der Waals surface area contributed by atoms with E-state index in [1.165, 1.54) is 12.1 Å². The van der Waals surface area contributed by atoms with Crippen LogP contribution in [0.15, 0.2) is 42.5 Å². The van der Waals surface area contributed by atoms with Crippen LogP contribution in [-0.4, -0.2) is 6.54 Å². The van der Waals surface area contributed by atoms with Crippen molar-refractivity contribution in [3.05, 3.63) is 64.4 Å². The van der Waals surface area contributed by atoms with Gasteiger partial charge in [0, 0.05) is 17.3 Å². The number of nitrogens with one attached hydrogen (secondary N) is 1. The molecule has 2 aromatic rings. The molecule has 0 unspecified atom stereocenters. The van der Waals surface area contributed by atoms with Crippen molar-refractivity contribution in [2.75, 3.05) is 11.9 Å². The van der Waals surface area contributed by atoms with Gasteiger partial charge in [0.05, 0.1) is 11.6 Å². The Morgan fingerprint density at radius 3 is 2.58 bits per heavy atom. The Morgan fingerprint density at radius 2 is 1.89 bits per heavy atom. The maximum absolute atomic E-state index is 13.2. The Labute approximate surface area is 116 Å². The fourth-order valence-corrected chi connectivity index (χ4v) is 1.88. The third-order valence-electron chi connectivity index (χ3n) is 2.68. The van der Waals surface area contributed by atoms with Gasteiger partial charge in [0.15, 0.2) is 0 Å². The summed E-state index contributed by atoms with van der Waals surface area (Å²) >= 11 is 5.80. The molecule has 96 valence electrons. The van der Waals surface area contributed by atoms with E-state index in [9.17, 15) is 4.39 Å². The maximum atomic E-state index is 13.2. The predicted octanol–water partition coefficient (Wildman–Crippen LogP) is 4.01. The summed E-state index contributed by atoms with van der Waals surface area (Å²) in [6.45, 7) is 0.663. The minimum atomic E-state index is -0.409. The molecule has 1 N–H and O–H groups in total. The number of benzene rings is 2. The molecule has 0 fully saturated rings. The molecule has 2 rings (SSSR count). The average molecular weight is 275 g/mol. The van der Waals surface area contributed by atoms with E-state index in [-0.39, 0.29) is 0 Å². The lowest BCUT2D eigenvalue weighted by molar-refractivity contribution is 0.627. The number of hydrogen-bond donors (Lipinski definition) is 1. The molecule has 0 aliphatic rings. The van der Waals surface area contributed by atoms with Crippen molar-refractivity contribution >= 4 is 17.3 Å². The second-order valence-electron chi connectivity index (χ2n) is 4.14. The van der Waals surface area contributed by atoms with Gasteiger partial charge in [0.1, 0.15) is 5.82 Å². The fourth-order valence-electron chi connectivity index (χ4n) is 1.76. The lowest BCUT2D eigenvalue weighted by Crippen LogP contribution is -2.05. The van der Waals surface area contributed by atoms with Crippen LogP contribution in [-0.2, 0) is 6.42 Å². The zero-order valence-electron chi connectivity index (χ0n) is 10.2. The Kier molecular flexibility index (Phi) is 4.38. The van der Waals surface area contributed by atoms with E-state index in [2.05, 4.69) is 5.32 Å². The largest absolute Gasteiger partial charge is 0.385 e. The van der Waals surface area contributed by atoms with Crippen molar-refractivity contribution < 1.29 is 4.39 Å². The highest BCUT2D eigenvalue weighted by atomic mass is 35.5. The van der Waals surface area contributed by atoms with Gasteiger partial charge in [-0.3, -0.25) is 0 Å². The van der Waals surface area contributed by atoms with Crippen molar-refractivity contribution in [3.8, 4) is 6.07 Å². The molecule has 19 heavy (non-hydrogen) atoms. The van der Waals surface area contributed by atoms with Crippen LogP contribution in [0.25, 0.3) is 0 Å². The summed E-state index contributed by atoms with van der Waals surface area (Å²) in [6.07, 6.45) is 0.801. The van der Waals surface area contributed by atoms with Crippen LogP contribution < -0.4 is 5.32 Å². The highest BCUT2D eigenvalue weighted by Crippen LogP contribution is 2.14. The van der Waals surface area contributed by atoms with Gasteiger partial charge in [0.2, 0.25) is 0 Å². The number of rotatable bonds is 4. The smallest absolute Gasteiger partial charge is 0.126 e. The molecule has 0 saturated heterocycles. The minimum absolute atomic E-state index is 0.314. The summed E-state index contributed by atoms with van der Waals surface area (Å²) in [7, 11) is 0. The molecule has 2 nitrogen and oxygen atoms in total. The molecule has 0 aliphatic carbocycles. The van der Waals surface area contributed by atoms with Crippen LogP contribution in [0.4, 0.5) is 10.1 Å². The number of hydrogen-bond acceptors (Lipinski definition) is 2. The molecule has 0 saturated carbocycles. The summed E-state index contributed by atoms with van der Waals surface area (Å²) < 4.78 is 13.2. The van der Waals surface area contributed by atoms with Gasteiger partial charge in [-0.2, -0.15) is 5.26 Å². The van der Waals surface area contributed by atoms with Crippen molar-refractivity contribution in [1.29, 1.82) is 5.26 Å². The molecule has 0 heterocycles. The van der Waals surface area contributed by atoms with Crippen molar-refractivity contribution in [2.45, 2.75) is 6.42 Å². The first-order valence-electron chi connectivity index (χ1n) is 5.86. The van der Waals surface area contributed by atoms with Crippen LogP contribution in [0.3, 0.4) is 0 Å². The molecule has 0 atom stereocenters. The summed E-state index contributed by atoms with van der Waals surface area (Å²) in [6, 6.07) is 13.7. The van der Waals surface area contributed by atoms with Crippen LogP contribution >= 0.6 is 11.6 Å². The fraction of sp³-hybridized carbons (Fsp3) is 0.133. The first kappa shape index (κ1) is 13.4. The van der Waals surface area contributed by atoms with E-state index in [0.717, 1.165) is 12.0 Å². The van der Waals surface area contributed by atoms with Crippen LogP contribution in [0, 0.1) is 17.1 Å². The quantitative estimate of drug-likeness (QED) is 0.914. The number of halogens is 2. The van der Waals surface area contributed by atoms with Gasteiger partial charge in [-0.05, 0) is 42.3 Å². The second-order valence-corrected chi connectivity index (χ2v) is 4.58. The second kappa shape index (κ2) is 6.21. The van der Waals surface area contributed by atoms with E-state index in [1.54, 1.807) is 6.07 Å². The van der Waals surface area contributed by atoms with Gasteiger partial charge < -0.3 is 5.32 Å². The van der Waals surface area contributed by atoms with E-state index in [0.29, 0.717) is 22.8 Å². The van der Waals surface area contributed by atoms with Gasteiger partial charge >= 0.3 is 0 Å². The SMILES string of the molecule is N#Cc1cc(F)cc(NCCc2ccc(Cl)cc2)c1. The third-order valence-corrected chi connectivity index (χ3v) is 2.93. The summed E-state index contributed by atoms with van der Waals surface area (Å²) in [5.74, 6) is -0.409. The Balaban J connectivity index is 1.94. The zero-order chi connectivity index (χ0) is 13.7. The molecule has 0 amide bonds. The number of nitriles is 1. The van der Waals surface area contributed by atoms with E-state index in [1.807, 2.05) is 30.3 Å². The Bertz CT molecular complexity index is 603. The molecule has 2 aromatic carbocycles. The van der Waals surface area contributed by atoms with E-state index >= 15 is 0 Å². The molecule has 4 heteroatoms. The molecule has 0 bridgehead atoms. The first-order chi connectivity index (χ1) is 9.17. The predicted molar refractivity (Wildman–Crippen MR) is 74.8 cm³/mol. The van der Waals surface area contributed by atoms with Crippen LogP contribution in [0.2, 0.25) is 5.02 Å². The van der Waals surface area contributed by atoms with Crippen molar-refractivity contribution in [1.82, 2.24) is 0 Å². The average Bonchev–Trinajstić information content (AvgIpc) is 2.40. The third kappa shape index (κ3) is 3.97. The molecule has 0 aromatic heterocycles. The Morgan fingerprint density at radius 1 is 1.16 bits per heavy atom. The van der Waals surface area contributed by atoms with Gasteiger partial charge in [-0.1, -0.05) is 23.7 Å². The summed E-state index contributed by atoms with van der Waals surface area (Å²) in [4.78, 5) is 0. The zero-order valence-corrected chi connectivity index (χ0v) is 10.9. The van der Waals surface area contributed by atoms with Crippen molar-refractivity contribution in [2.24, 2.45) is 0 Å². The Hall–Kier alpha value is -2.05. The first-order valence-corrected chi connectivity index (χ1v) is 6.24. The van der Waals surface area contributed by atoms with Gasteiger partial charge in [0.25, 0.3) is 0 Å². The molecule has 0 radical (unpaired) electrons. The van der Waals surface area contributed by atoms with E-state index < -0.39 is 5.82 Å². The molecular weight excluding hydrogens is 263 g/mol. The van der Waals surface area contributed by atoms with Gasteiger partial charge in [-0.25, -0.2) is 4.39 Å². The van der Waals surface area contributed by atoms with Crippen molar-refractivity contribution in [3.63, 3.8) is 0 Å². The topological polar surface area (TPSA) is 35.8 Å². The molecular formula is C15H12ClFN2. The standard InChI is InChI=1S/C15H12ClFN2/c16-13-3-1-11(2-4-13)5-6-19-15-8-12(10-18)7-14(17)9-15/h1-4,7-9,19H,5-6H2. The van der Waals surface area contributed by atoms with Crippen LogP contribution in [0.1, 0.15) is 11.1 Å². The molecule has 0 aliphatic heterocycles. The maximum Gasteiger partial charge on any atom is 0.126 e. The van der Waals surface area contributed by atoms with Gasteiger partial charge in [-0.15, -0.1) is 0 Å². The summed E-state index contributed by atoms with van der Waals surface area (Å²) in [5.41, 5.74) is 2.08. The lowest BCUT2D eigenvalue weighted by atomic mass is 10.1. The minimum Gasteiger partial charge on any atom is -0.385 e. The monoisotopic (exact) mass is 274 g/mol. The van der Waals surface area contributed by atoms with Crippen LogP contribution in [0.5, 0.6) is 0 Å². The number of nitrogens with zero attached hydrogens (tertiary/aromatic N) is 1. The number of anilines is 1. The lowest BCUT2D eigenvalue weighted by Gasteiger charge is -2.07. The summed E-state index contributed by atoms with van der Waals surface area (Å²) in [5, 5.41) is 12.6. The highest BCUT2D eigenvalue weighted by molar-refractivity contribution is 6.30. The molecule has 0 spiro atoms. The van der Waals surface area contributed by atoms with E-state index in [4.69, 9.17) is 16.9 Å². The highest BCUT2D eigenvalue weighted by Gasteiger charge is 2.00.